The second kappa shape index (κ2) is 6.16. The van der Waals surface area contributed by atoms with Gasteiger partial charge in [0.2, 0.25) is 11.8 Å². The van der Waals surface area contributed by atoms with Gasteiger partial charge < -0.3 is 0 Å². The molecule has 5 nitrogen and oxygen atoms in total. The van der Waals surface area contributed by atoms with Crippen LogP contribution in [-0.4, -0.2) is 47.4 Å². The summed E-state index contributed by atoms with van der Waals surface area (Å²) in [4.78, 5) is 32.9. The summed E-state index contributed by atoms with van der Waals surface area (Å²) in [5.41, 5.74) is 0. The van der Waals surface area contributed by atoms with Gasteiger partial charge in [-0.25, -0.2) is 4.79 Å². The first-order chi connectivity index (χ1) is 6.15. The molecule has 1 saturated heterocycles. The monoisotopic (exact) mass is 207 g/mol. The minimum Gasteiger partial charge on any atom is -0.277 e. The molecule has 0 atom stereocenters. The molecule has 14 heavy (non-hydrogen) atoms. The van der Waals surface area contributed by atoms with E-state index in [9.17, 15) is 14.4 Å². The molecule has 1 aliphatic heterocycles. The van der Waals surface area contributed by atoms with Crippen LogP contribution >= 0.6 is 0 Å². The predicted octanol–water partition coefficient (Wildman–Crippen LogP) is -0.222. The third-order valence-electron chi connectivity index (χ3n) is 1.95. The molecule has 6 heteroatoms. The Morgan fingerprint density at radius 1 is 1.14 bits per heavy atom. The number of rotatable bonds is 3. The summed E-state index contributed by atoms with van der Waals surface area (Å²) < 4.78 is 0. The van der Waals surface area contributed by atoms with E-state index in [0.29, 0.717) is 6.42 Å². The van der Waals surface area contributed by atoms with Gasteiger partial charge in [0.1, 0.15) is 5.92 Å². The summed E-state index contributed by atoms with van der Waals surface area (Å²) in [7, 11) is 0. The molecule has 1 rings (SSSR count). The third kappa shape index (κ3) is 3.40. The molecule has 2 N–H and O–H groups in total. The summed E-state index contributed by atoms with van der Waals surface area (Å²) in [6.45, 7) is 1.98. The zero-order chi connectivity index (χ0) is 9.84. The quantitative estimate of drug-likeness (QED) is 0.496. The molecule has 73 valence electrons. The van der Waals surface area contributed by atoms with E-state index in [4.69, 9.17) is 0 Å². The Bertz CT molecular complexity index is 235. The topological polar surface area (TPSA) is 75.3 Å². The molecule has 1 aliphatic rings. The van der Waals surface area contributed by atoms with Crippen molar-refractivity contribution in [2.45, 2.75) is 26.2 Å². The van der Waals surface area contributed by atoms with Crippen LogP contribution in [0.4, 0.5) is 4.79 Å². The van der Waals surface area contributed by atoms with E-state index in [1.165, 1.54) is 0 Å². The zero-order valence-electron chi connectivity index (χ0n) is 8.42. The van der Waals surface area contributed by atoms with Crippen LogP contribution in [0.2, 0.25) is 0 Å². The van der Waals surface area contributed by atoms with Crippen LogP contribution in [0.15, 0.2) is 0 Å². The Morgan fingerprint density at radius 2 is 1.64 bits per heavy atom. The molecular formula is C8H12N2NaO3. The maximum atomic E-state index is 11.1. The van der Waals surface area contributed by atoms with Gasteiger partial charge in [-0.2, -0.15) is 0 Å². The number of imide groups is 2. The molecule has 0 bridgehead atoms. The first kappa shape index (κ1) is 13.6. The number of hydrogen-bond donors (Lipinski definition) is 2. The van der Waals surface area contributed by atoms with Gasteiger partial charge >= 0.3 is 6.03 Å². The van der Waals surface area contributed by atoms with Crippen LogP contribution in [-0.2, 0) is 9.59 Å². The normalized spacial score (nSPS) is 17.1. The van der Waals surface area contributed by atoms with E-state index in [-0.39, 0.29) is 29.6 Å². The molecule has 1 heterocycles. The Balaban J connectivity index is 0.00000169. The molecule has 0 aromatic heterocycles. The smallest absolute Gasteiger partial charge is 0.277 e. The van der Waals surface area contributed by atoms with Crippen molar-refractivity contribution >= 4 is 47.4 Å². The molecule has 0 unspecified atom stereocenters. The zero-order valence-corrected chi connectivity index (χ0v) is 10.4. The number of carbonyl (C=O) groups excluding carboxylic acids is 3. The Labute approximate surface area is 104 Å². The van der Waals surface area contributed by atoms with E-state index < -0.39 is 23.8 Å². The summed E-state index contributed by atoms with van der Waals surface area (Å²) >= 11 is 0. The maximum Gasteiger partial charge on any atom is 0.328 e. The van der Waals surface area contributed by atoms with E-state index in [1.807, 2.05) is 6.92 Å². The first-order valence-corrected chi connectivity index (χ1v) is 4.31. The number of unbranched alkanes of at least 4 members (excludes halogenated alkanes) is 1. The van der Waals surface area contributed by atoms with Crippen molar-refractivity contribution in [1.29, 1.82) is 0 Å². The van der Waals surface area contributed by atoms with Crippen LogP contribution in [0.3, 0.4) is 0 Å². The molecule has 1 fully saturated rings. The molecule has 0 aliphatic carbocycles. The summed E-state index contributed by atoms with van der Waals surface area (Å²) in [6.07, 6.45) is 2.23. The Hall–Kier alpha value is -0.390. The number of urea groups is 1. The summed E-state index contributed by atoms with van der Waals surface area (Å²) in [5, 5.41) is 4.12. The number of carbonyl (C=O) groups is 3. The number of nitrogens with one attached hydrogen (secondary N) is 2. The van der Waals surface area contributed by atoms with Crippen LogP contribution in [0.1, 0.15) is 26.2 Å². The van der Waals surface area contributed by atoms with E-state index in [0.717, 1.165) is 12.8 Å². The van der Waals surface area contributed by atoms with Gasteiger partial charge in [0, 0.05) is 29.6 Å². The molecule has 0 aromatic rings. The van der Waals surface area contributed by atoms with Gasteiger partial charge in [-0.15, -0.1) is 0 Å². The largest absolute Gasteiger partial charge is 0.328 e. The summed E-state index contributed by atoms with van der Waals surface area (Å²) in [6, 6.07) is -0.720. The molecule has 0 saturated carbocycles. The van der Waals surface area contributed by atoms with Crippen LogP contribution < -0.4 is 10.6 Å². The van der Waals surface area contributed by atoms with Crippen molar-refractivity contribution in [3.8, 4) is 0 Å². The van der Waals surface area contributed by atoms with E-state index in [2.05, 4.69) is 10.6 Å². The fourth-order valence-corrected chi connectivity index (χ4v) is 1.22. The molecule has 0 spiro atoms. The van der Waals surface area contributed by atoms with Crippen LogP contribution in [0, 0.1) is 5.92 Å². The third-order valence-corrected chi connectivity index (χ3v) is 1.95. The first-order valence-electron chi connectivity index (χ1n) is 4.31. The fourth-order valence-electron chi connectivity index (χ4n) is 1.22. The Morgan fingerprint density at radius 3 is 2.07 bits per heavy atom. The average molecular weight is 207 g/mol. The average Bonchev–Trinajstić information content (AvgIpc) is 2.02. The van der Waals surface area contributed by atoms with Crippen molar-refractivity contribution in [2.24, 2.45) is 5.92 Å². The maximum absolute atomic E-state index is 11.1. The summed E-state index contributed by atoms with van der Waals surface area (Å²) in [5.74, 6) is -1.66. The SMILES string of the molecule is CCCCC1C(=O)NC(=O)NC1=O.[Na]. The predicted molar refractivity (Wildman–Crippen MR) is 50.5 cm³/mol. The standard InChI is InChI=1S/C8H12N2O3.Na/c1-2-3-4-5-6(11)9-8(13)10-7(5)12;/h5H,2-4H2,1H3,(H2,9,10,11,12,13);. The molecular weight excluding hydrogens is 195 g/mol. The van der Waals surface area contributed by atoms with Crippen molar-refractivity contribution in [2.75, 3.05) is 0 Å². The fraction of sp³-hybridized carbons (Fsp3) is 0.625. The Kier molecular flexibility index (Phi) is 5.99. The molecule has 0 aromatic carbocycles. The van der Waals surface area contributed by atoms with E-state index in [1.54, 1.807) is 0 Å². The van der Waals surface area contributed by atoms with Crippen molar-refractivity contribution in [3.05, 3.63) is 0 Å². The number of hydrogen-bond acceptors (Lipinski definition) is 3. The molecule has 1 radical (unpaired) electrons. The molecule has 4 amide bonds. The van der Waals surface area contributed by atoms with Gasteiger partial charge in [0.15, 0.2) is 0 Å². The minimum absolute atomic E-state index is 0. The second-order valence-corrected chi connectivity index (χ2v) is 3.00. The van der Waals surface area contributed by atoms with Gasteiger partial charge in [0.05, 0.1) is 0 Å². The van der Waals surface area contributed by atoms with Gasteiger partial charge in [-0.05, 0) is 6.42 Å². The van der Waals surface area contributed by atoms with Crippen molar-refractivity contribution in [1.82, 2.24) is 10.6 Å². The van der Waals surface area contributed by atoms with Crippen molar-refractivity contribution < 1.29 is 14.4 Å². The van der Waals surface area contributed by atoms with Gasteiger partial charge in [-0.3, -0.25) is 20.2 Å². The van der Waals surface area contributed by atoms with Crippen LogP contribution in [0.25, 0.3) is 0 Å². The van der Waals surface area contributed by atoms with Crippen molar-refractivity contribution in [3.63, 3.8) is 0 Å². The second-order valence-electron chi connectivity index (χ2n) is 3.00. The van der Waals surface area contributed by atoms with Crippen LogP contribution in [0.5, 0.6) is 0 Å². The van der Waals surface area contributed by atoms with E-state index >= 15 is 0 Å². The number of barbiturate groups is 1. The minimum atomic E-state index is -0.720. The van der Waals surface area contributed by atoms with Gasteiger partial charge in [-0.1, -0.05) is 19.8 Å². The number of amides is 4. The van der Waals surface area contributed by atoms with Gasteiger partial charge in [0.25, 0.3) is 0 Å².